The number of allylic oxidation sites excluding steroid dienone is 2. The number of hydrogen-bond donors (Lipinski definition) is 0. The Balaban J connectivity index is 3.18. The van der Waals surface area contributed by atoms with E-state index in [1.165, 1.54) is 13.0 Å². The molecule has 0 saturated heterocycles. The van der Waals surface area contributed by atoms with Crippen LogP contribution in [0.1, 0.15) is 29.8 Å². The minimum atomic E-state index is -0.0109. The quantitative estimate of drug-likeness (QED) is 0.539. The molecule has 0 fully saturated rings. The first-order chi connectivity index (χ1) is 6.65. The van der Waals surface area contributed by atoms with E-state index in [0.29, 0.717) is 5.56 Å². The van der Waals surface area contributed by atoms with Crippen molar-refractivity contribution in [3.63, 3.8) is 0 Å². The molecule has 14 heavy (non-hydrogen) atoms. The summed E-state index contributed by atoms with van der Waals surface area (Å²) in [5.74, 6) is -0.0109. The minimum absolute atomic E-state index is 0.0109. The molecule has 0 radical (unpaired) electrons. The Morgan fingerprint density at radius 3 is 2.43 bits per heavy atom. The summed E-state index contributed by atoms with van der Waals surface area (Å²) < 4.78 is 0. The van der Waals surface area contributed by atoms with Gasteiger partial charge in [-0.3, -0.25) is 9.59 Å². The number of carbonyl (C=O) groups is 2. The maximum atomic E-state index is 10.9. The molecule has 72 valence electrons. The Hall–Kier alpha value is -1.70. The molecule has 0 spiro atoms. The summed E-state index contributed by atoms with van der Waals surface area (Å²) in [4.78, 5) is 21.6. The molecule has 0 unspecified atom stereocenters. The summed E-state index contributed by atoms with van der Waals surface area (Å²) >= 11 is 0. The SMILES string of the molecule is CC(=O)/C=C(\C)c1ccccc1C=O. The smallest absolute Gasteiger partial charge is 0.152 e. The van der Waals surface area contributed by atoms with Gasteiger partial charge in [-0.15, -0.1) is 0 Å². The Bertz CT molecular complexity index is 389. The molecule has 0 N–H and O–H groups in total. The highest BCUT2D eigenvalue weighted by Crippen LogP contribution is 2.17. The van der Waals surface area contributed by atoms with Crippen LogP contribution in [0.3, 0.4) is 0 Å². The van der Waals surface area contributed by atoms with Gasteiger partial charge >= 0.3 is 0 Å². The normalized spacial score (nSPS) is 11.1. The maximum absolute atomic E-state index is 10.9. The van der Waals surface area contributed by atoms with Crippen LogP contribution < -0.4 is 0 Å². The molecule has 0 heterocycles. The summed E-state index contributed by atoms with van der Waals surface area (Å²) in [5, 5.41) is 0. The van der Waals surface area contributed by atoms with Gasteiger partial charge in [-0.2, -0.15) is 0 Å². The lowest BCUT2D eigenvalue weighted by Gasteiger charge is -2.03. The summed E-state index contributed by atoms with van der Waals surface area (Å²) in [6, 6.07) is 7.21. The lowest BCUT2D eigenvalue weighted by molar-refractivity contribution is -0.112. The number of benzene rings is 1. The molecule has 1 rings (SSSR count). The standard InChI is InChI=1S/C12H12O2/c1-9(7-10(2)14)12-6-4-3-5-11(12)8-13/h3-8H,1-2H3/b9-7+. The zero-order valence-electron chi connectivity index (χ0n) is 8.28. The van der Waals surface area contributed by atoms with Gasteiger partial charge in [0.2, 0.25) is 0 Å². The average molecular weight is 188 g/mol. The van der Waals surface area contributed by atoms with Gasteiger partial charge in [-0.05, 0) is 31.1 Å². The Morgan fingerprint density at radius 1 is 1.21 bits per heavy atom. The highest BCUT2D eigenvalue weighted by molar-refractivity contribution is 5.97. The van der Waals surface area contributed by atoms with Gasteiger partial charge in [-0.25, -0.2) is 0 Å². The van der Waals surface area contributed by atoms with E-state index < -0.39 is 0 Å². The predicted octanol–water partition coefficient (Wildman–Crippen LogP) is 2.49. The summed E-state index contributed by atoms with van der Waals surface area (Å²) in [5.41, 5.74) is 2.25. The largest absolute Gasteiger partial charge is 0.298 e. The van der Waals surface area contributed by atoms with Crippen LogP contribution in [0.2, 0.25) is 0 Å². The fraction of sp³-hybridized carbons (Fsp3) is 0.167. The highest BCUT2D eigenvalue weighted by atomic mass is 16.1. The van der Waals surface area contributed by atoms with Crippen LogP contribution >= 0.6 is 0 Å². The van der Waals surface area contributed by atoms with Crippen molar-refractivity contribution in [2.45, 2.75) is 13.8 Å². The number of hydrogen-bond acceptors (Lipinski definition) is 2. The lowest BCUT2D eigenvalue weighted by Crippen LogP contribution is -1.91. The van der Waals surface area contributed by atoms with Crippen molar-refractivity contribution in [2.75, 3.05) is 0 Å². The van der Waals surface area contributed by atoms with Crippen molar-refractivity contribution in [3.8, 4) is 0 Å². The van der Waals surface area contributed by atoms with E-state index in [4.69, 9.17) is 0 Å². The first-order valence-corrected chi connectivity index (χ1v) is 4.38. The Labute approximate surface area is 83.3 Å². The Kier molecular flexibility index (Phi) is 3.35. The van der Waals surface area contributed by atoms with Crippen molar-refractivity contribution in [2.24, 2.45) is 0 Å². The van der Waals surface area contributed by atoms with Crippen molar-refractivity contribution >= 4 is 17.6 Å². The van der Waals surface area contributed by atoms with Gasteiger partial charge in [0.05, 0.1) is 0 Å². The lowest BCUT2D eigenvalue weighted by atomic mass is 10.0. The second-order valence-electron chi connectivity index (χ2n) is 3.14. The minimum Gasteiger partial charge on any atom is -0.298 e. The van der Waals surface area contributed by atoms with Crippen LogP contribution in [-0.4, -0.2) is 12.1 Å². The third-order valence-corrected chi connectivity index (χ3v) is 1.93. The van der Waals surface area contributed by atoms with Crippen LogP contribution in [-0.2, 0) is 4.79 Å². The van der Waals surface area contributed by atoms with E-state index in [0.717, 1.165) is 17.4 Å². The third-order valence-electron chi connectivity index (χ3n) is 1.93. The zero-order chi connectivity index (χ0) is 10.6. The number of carbonyl (C=O) groups excluding carboxylic acids is 2. The summed E-state index contributed by atoms with van der Waals surface area (Å²) in [6.45, 7) is 3.32. The molecule has 1 aromatic rings. The number of rotatable bonds is 3. The maximum Gasteiger partial charge on any atom is 0.152 e. The molecular formula is C12H12O2. The van der Waals surface area contributed by atoms with Gasteiger partial charge in [0.1, 0.15) is 0 Å². The second kappa shape index (κ2) is 4.51. The van der Waals surface area contributed by atoms with E-state index in [-0.39, 0.29) is 5.78 Å². The molecule has 0 atom stereocenters. The molecule has 0 aromatic heterocycles. The van der Waals surface area contributed by atoms with Crippen LogP contribution in [0.25, 0.3) is 5.57 Å². The van der Waals surface area contributed by atoms with Gasteiger partial charge in [0, 0.05) is 5.56 Å². The van der Waals surface area contributed by atoms with E-state index in [1.807, 2.05) is 19.1 Å². The van der Waals surface area contributed by atoms with Gasteiger partial charge in [0.15, 0.2) is 12.1 Å². The molecule has 0 aliphatic rings. The predicted molar refractivity (Wildman–Crippen MR) is 56.2 cm³/mol. The van der Waals surface area contributed by atoms with E-state index in [1.54, 1.807) is 12.1 Å². The topological polar surface area (TPSA) is 34.1 Å². The molecule has 0 amide bonds. The zero-order valence-corrected chi connectivity index (χ0v) is 8.28. The van der Waals surface area contributed by atoms with E-state index in [9.17, 15) is 9.59 Å². The van der Waals surface area contributed by atoms with Crippen molar-refractivity contribution in [3.05, 3.63) is 41.5 Å². The third kappa shape index (κ3) is 2.39. The van der Waals surface area contributed by atoms with Crippen molar-refractivity contribution in [1.29, 1.82) is 0 Å². The summed E-state index contributed by atoms with van der Waals surface area (Å²) in [7, 11) is 0. The molecule has 0 bridgehead atoms. The van der Waals surface area contributed by atoms with Gasteiger partial charge < -0.3 is 0 Å². The average Bonchev–Trinajstić information content (AvgIpc) is 2.16. The number of aldehydes is 1. The fourth-order valence-corrected chi connectivity index (χ4v) is 1.34. The van der Waals surface area contributed by atoms with Crippen LogP contribution in [0.15, 0.2) is 30.3 Å². The Morgan fingerprint density at radius 2 is 1.86 bits per heavy atom. The van der Waals surface area contributed by atoms with E-state index in [2.05, 4.69) is 0 Å². The van der Waals surface area contributed by atoms with Crippen molar-refractivity contribution in [1.82, 2.24) is 0 Å². The fourth-order valence-electron chi connectivity index (χ4n) is 1.34. The summed E-state index contributed by atoms with van der Waals surface area (Å²) in [6.07, 6.45) is 2.33. The molecule has 2 nitrogen and oxygen atoms in total. The van der Waals surface area contributed by atoms with Crippen molar-refractivity contribution < 1.29 is 9.59 Å². The second-order valence-corrected chi connectivity index (χ2v) is 3.14. The van der Waals surface area contributed by atoms with Gasteiger partial charge in [0.25, 0.3) is 0 Å². The monoisotopic (exact) mass is 188 g/mol. The molecular weight excluding hydrogens is 176 g/mol. The molecule has 1 aromatic carbocycles. The first-order valence-electron chi connectivity index (χ1n) is 4.38. The number of ketones is 1. The first kappa shape index (κ1) is 10.4. The molecule has 0 saturated carbocycles. The van der Waals surface area contributed by atoms with Gasteiger partial charge in [-0.1, -0.05) is 24.3 Å². The van der Waals surface area contributed by atoms with Crippen LogP contribution in [0.5, 0.6) is 0 Å². The molecule has 0 aliphatic heterocycles. The molecule has 2 heteroatoms. The highest BCUT2D eigenvalue weighted by Gasteiger charge is 2.02. The van der Waals surface area contributed by atoms with E-state index >= 15 is 0 Å². The van der Waals surface area contributed by atoms with Crippen LogP contribution in [0, 0.1) is 0 Å². The van der Waals surface area contributed by atoms with Crippen LogP contribution in [0.4, 0.5) is 0 Å². The molecule has 0 aliphatic carbocycles.